The van der Waals surface area contributed by atoms with Crippen LogP contribution in [-0.2, 0) is 17.9 Å². The van der Waals surface area contributed by atoms with Crippen molar-refractivity contribution < 1.29 is 13.9 Å². The second kappa shape index (κ2) is 13.7. The van der Waals surface area contributed by atoms with E-state index in [0.717, 1.165) is 63.7 Å². The zero-order valence-electron chi connectivity index (χ0n) is 15.9. The number of hydrogen-bond donors (Lipinski definition) is 1. The minimum Gasteiger partial charge on any atom is -0.488 e. The molecule has 0 aromatic heterocycles. The minimum atomic E-state index is -0.230. The summed E-state index contributed by atoms with van der Waals surface area (Å²) in [6.45, 7) is 6.80. The molecule has 1 saturated heterocycles. The highest BCUT2D eigenvalue weighted by Crippen LogP contribution is 2.20. The van der Waals surface area contributed by atoms with Crippen molar-refractivity contribution in [3.63, 3.8) is 0 Å². The molecule has 1 N–H and O–H groups in total. The first-order valence-corrected chi connectivity index (χ1v) is 9.28. The molecule has 0 bridgehead atoms. The van der Waals surface area contributed by atoms with Crippen LogP contribution in [-0.4, -0.2) is 44.3 Å². The zero-order chi connectivity index (χ0) is 18.0. The van der Waals surface area contributed by atoms with Gasteiger partial charge in [-0.3, -0.25) is 4.90 Å². The number of para-hydroxylation sites is 1. The molecule has 1 aliphatic heterocycles. The Labute approximate surface area is 179 Å². The summed E-state index contributed by atoms with van der Waals surface area (Å²) in [5, 5.41) is 3.48. The van der Waals surface area contributed by atoms with Crippen molar-refractivity contribution in [1.29, 1.82) is 0 Å². The van der Waals surface area contributed by atoms with Crippen LogP contribution in [0.4, 0.5) is 4.39 Å². The van der Waals surface area contributed by atoms with E-state index in [0.29, 0.717) is 5.56 Å². The van der Waals surface area contributed by atoms with E-state index in [2.05, 4.69) is 10.2 Å². The molecule has 28 heavy (non-hydrogen) atoms. The number of nitrogens with one attached hydrogen (secondary N) is 1. The van der Waals surface area contributed by atoms with Crippen LogP contribution in [0.5, 0.6) is 5.75 Å². The lowest BCUT2D eigenvalue weighted by molar-refractivity contribution is 0.0374. The normalized spacial score (nSPS) is 14.0. The van der Waals surface area contributed by atoms with Crippen LogP contribution in [0, 0.1) is 5.82 Å². The van der Waals surface area contributed by atoms with Crippen LogP contribution in [0.25, 0.3) is 0 Å². The minimum absolute atomic E-state index is 0. The third-order valence-electron chi connectivity index (χ3n) is 4.56. The van der Waals surface area contributed by atoms with Gasteiger partial charge >= 0.3 is 0 Å². The molecular weight excluding hydrogens is 402 g/mol. The fourth-order valence-electron chi connectivity index (χ4n) is 3.04. The molecule has 156 valence electrons. The standard InChI is InChI=1S/C21H27FN2O2.2ClH/c22-20-8-3-1-7-19(20)17-26-21-9-4-2-6-18(21)16-23-10-5-11-24-12-14-25-15-13-24;;/h1-4,6-9,23H,5,10-17H2;2*1H. The lowest BCUT2D eigenvalue weighted by Gasteiger charge is -2.26. The Balaban J connectivity index is 0.00000196. The highest BCUT2D eigenvalue weighted by molar-refractivity contribution is 5.85. The number of morpholine rings is 1. The van der Waals surface area contributed by atoms with Crippen LogP contribution >= 0.6 is 24.8 Å². The van der Waals surface area contributed by atoms with Crippen LogP contribution in [0.3, 0.4) is 0 Å². The third kappa shape index (κ3) is 7.94. The van der Waals surface area contributed by atoms with E-state index in [9.17, 15) is 4.39 Å². The Bertz CT molecular complexity index is 685. The lowest BCUT2D eigenvalue weighted by Crippen LogP contribution is -2.37. The lowest BCUT2D eigenvalue weighted by atomic mass is 10.2. The summed E-state index contributed by atoms with van der Waals surface area (Å²) in [6, 6.07) is 14.6. The van der Waals surface area contributed by atoms with Crippen molar-refractivity contribution in [3.8, 4) is 5.75 Å². The quantitative estimate of drug-likeness (QED) is 0.608. The number of benzene rings is 2. The van der Waals surface area contributed by atoms with Gasteiger partial charge in [0.1, 0.15) is 18.2 Å². The largest absolute Gasteiger partial charge is 0.488 e. The number of ether oxygens (including phenoxy) is 2. The molecule has 2 aromatic rings. The SMILES string of the molecule is Cl.Cl.Fc1ccccc1COc1ccccc1CNCCCN1CCOCC1. The van der Waals surface area contributed by atoms with Crippen LogP contribution in [0.2, 0.25) is 0 Å². The van der Waals surface area contributed by atoms with E-state index in [-0.39, 0.29) is 37.2 Å². The topological polar surface area (TPSA) is 33.7 Å². The number of rotatable bonds is 9. The van der Waals surface area contributed by atoms with Crippen molar-refractivity contribution in [2.45, 2.75) is 19.6 Å². The molecule has 0 unspecified atom stereocenters. The van der Waals surface area contributed by atoms with Gasteiger partial charge in [0.25, 0.3) is 0 Å². The summed E-state index contributed by atoms with van der Waals surface area (Å²) in [7, 11) is 0. The van der Waals surface area contributed by atoms with Gasteiger partial charge in [-0.05, 0) is 31.6 Å². The molecule has 7 heteroatoms. The summed E-state index contributed by atoms with van der Waals surface area (Å²) in [5.41, 5.74) is 1.66. The summed E-state index contributed by atoms with van der Waals surface area (Å²) < 4.78 is 24.9. The van der Waals surface area contributed by atoms with Crippen molar-refractivity contribution >= 4 is 24.8 Å². The highest BCUT2D eigenvalue weighted by Gasteiger charge is 2.09. The molecule has 1 aliphatic rings. The smallest absolute Gasteiger partial charge is 0.129 e. The number of halogens is 3. The first kappa shape index (κ1) is 24.7. The predicted octanol–water partition coefficient (Wildman–Crippen LogP) is 4.06. The Morgan fingerprint density at radius 3 is 2.39 bits per heavy atom. The summed E-state index contributed by atoms with van der Waals surface area (Å²) in [4.78, 5) is 2.44. The second-order valence-electron chi connectivity index (χ2n) is 6.47. The highest BCUT2D eigenvalue weighted by atomic mass is 35.5. The van der Waals surface area contributed by atoms with Gasteiger partial charge in [0.15, 0.2) is 0 Å². The average molecular weight is 431 g/mol. The number of nitrogens with zero attached hydrogens (tertiary/aromatic N) is 1. The maximum atomic E-state index is 13.7. The van der Waals surface area contributed by atoms with Crippen LogP contribution in [0.15, 0.2) is 48.5 Å². The maximum absolute atomic E-state index is 13.7. The van der Waals surface area contributed by atoms with Gasteiger partial charge in [0.05, 0.1) is 13.2 Å². The first-order chi connectivity index (χ1) is 12.8. The predicted molar refractivity (Wildman–Crippen MR) is 115 cm³/mol. The fourth-order valence-corrected chi connectivity index (χ4v) is 3.04. The first-order valence-electron chi connectivity index (χ1n) is 9.28. The third-order valence-corrected chi connectivity index (χ3v) is 4.56. The van der Waals surface area contributed by atoms with E-state index in [4.69, 9.17) is 9.47 Å². The molecule has 4 nitrogen and oxygen atoms in total. The Kier molecular flexibility index (Phi) is 12.1. The molecule has 0 spiro atoms. The molecule has 1 heterocycles. The van der Waals surface area contributed by atoms with E-state index in [1.807, 2.05) is 30.3 Å². The van der Waals surface area contributed by atoms with Crippen molar-refractivity contribution in [1.82, 2.24) is 10.2 Å². The van der Waals surface area contributed by atoms with Gasteiger partial charge in [0, 0.05) is 30.8 Å². The molecule has 0 amide bonds. The van der Waals surface area contributed by atoms with Crippen LogP contribution in [0.1, 0.15) is 17.5 Å². The van der Waals surface area contributed by atoms with Crippen molar-refractivity contribution in [3.05, 3.63) is 65.5 Å². The van der Waals surface area contributed by atoms with E-state index in [1.54, 1.807) is 12.1 Å². The molecule has 3 rings (SSSR count). The summed E-state index contributed by atoms with van der Waals surface area (Å²) >= 11 is 0. The van der Waals surface area contributed by atoms with Gasteiger partial charge in [-0.15, -0.1) is 24.8 Å². The Hall–Kier alpha value is -1.37. The molecule has 1 fully saturated rings. The molecule has 0 aliphatic carbocycles. The fraction of sp³-hybridized carbons (Fsp3) is 0.429. The molecular formula is C21H29Cl2FN2O2. The van der Waals surface area contributed by atoms with Gasteiger partial charge < -0.3 is 14.8 Å². The van der Waals surface area contributed by atoms with Gasteiger partial charge in [-0.2, -0.15) is 0 Å². The molecule has 0 saturated carbocycles. The van der Waals surface area contributed by atoms with E-state index >= 15 is 0 Å². The summed E-state index contributed by atoms with van der Waals surface area (Å²) in [5.74, 6) is 0.572. The molecule has 0 radical (unpaired) electrons. The van der Waals surface area contributed by atoms with Crippen molar-refractivity contribution in [2.75, 3.05) is 39.4 Å². The van der Waals surface area contributed by atoms with Gasteiger partial charge in [-0.1, -0.05) is 36.4 Å². The molecule has 0 atom stereocenters. The summed E-state index contributed by atoms with van der Waals surface area (Å²) in [6.07, 6.45) is 1.11. The van der Waals surface area contributed by atoms with Gasteiger partial charge in [0.2, 0.25) is 0 Å². The monoisotopic (exact) mass is 430 g/mol. The maximum Gasteiger partial charge on any atom is 0.129 e. The number of hydrogen-bond acceptors (Lipinski definition) is 4. The van der Waals surface area contributed by atoms with E-state index in [1.165, 1.54) is 6.07 Å². The zero-order valence-corrected chi connectivity index (χ0v) is 17.6. The van der Waals surface area contributed by atoms with Crippen LogP contribution < -0.4 is 10.1 Å². The average Bonchev–Trinajstić information content (AvgIpc) is 2.69. The van der Waals surface area contributed by atoms with Crippen molar-refractivity contribution in [2.24, 2.45) is 0 Å². The molecule has 2 aromatic carbocycles. The second-order valence-corrected chi connectivity index (χ2v) is 6.47. The van der Waals surface area contributed by atoms with Gasteiger partial charge in [-0.25, -0.2) is 4.39 Å². The van der Waals surface area contributed by atoms with E-state index < -0.39 is 0 Å². The Morgan fingerprint density at radius 2 is 1.64 bits per heavy atom. The Morgan fingerprint density at radius 1 is 0.964 bits per heavy atom.